The predicted octanol–water partition coefficient (Wildman–Crippen LogP) is 3.13. The van der Waals surface area contributed by atoms with E-state index in [1.165, 1.54) is 43.8 Å². The molecule has 1 aromatic carbocycles. The molecule has 0 saturated carbocycles. The number of amides is 2. The Kier molecular flexibility index (Phi) is 7.51. The quantitative estimate of drug-likeness (QED) is 0.469. The minimum absolute atomic E-state index is 0.0413. The van der Waals surface area contributed by atoms with E-state index in [1.807, 2.05) is 0 Å². The van der Waals surface area contributed by atoms with Gasteiger partial charge in [-0.25, -0.2) is 17.7 Å². The lowest BCUT2D eigenvalue weighted by Crippen LogP contribution is -2.23. The second-order valence-corrected chi connectivity index (χ2v) is 10.1. The van der Waals surface area contributed by atoms with Crippen LogP contribution >= 0.6 is 11.3 Å². The van der Waals surface area contributed by atoms with Crippen molar-refractivity contribution in [1.29, 1.82) is 0 Å². The van der Waals surface area contributed by atoms with Crippen molar-refractivity contribution in [2.24, 2.45) is 0 Å². The van der Waals surface area contributed by atoms with Gasteiger partial charge in [-0.2, -0.15) is 0 Å². The summed E-state index contributed by atoms with van der Waals surface area (Å²) in [5.74, 6) is -0.0385. The lowest BCUT2D eigenvalue weighted by molar-refractivity contribution is -0.115. The van der Waals surface area contributed by atoms with E-state index >= 15 is 0 Å². The van der Waals surface area contributed by atoms with Crippen LogP contribution in [0.15, 0.2) is 45.2 Å². The minimum atomic E-state index is -3.78. The molecule has 0 spiro atoms. The normalized spacial score (nSPS) is 11.4. The monoisotopic (exact) mass is 492 g/mol. The molecule has 0 unspecified atom stereocenters. The molecule has 12 heteroatoms. The van der Waals surface area contributed by atoms with Crippen LogP contribution in [0, 0.1) is 6.92 Å². The molecule has 0 aliphatic rings. The third-order valence-electron chi connectivity index (χ3n) is 4.50. The van der Waals surface area contributed by atoms with Crippen molar-refractivity contribution in [2.75, 3.05) is 31.3 Å². The number of nitrogens with one attached hydrogen (secondary N) is 2. The molecule has 0 fully saturated rings. The smallest absolute Gasteiger partial charge is 0.260 e. The number of carbonyl (C=O) groups is 2. The maximum Gasteiger partial charge on any atom is 0.260 e. The van der Waals surface area contributed by atoms with Crippen LogP contribution in [-0.4, -0.2) is 50.2 Å². The summed E-state index contributed by atoms with van der Waals surface area (Å²) in [6, 6.07) is 5.99. The fourth-order valence-corrected chi connectivity index (χ4v) is 4.61. The number of benzene rings is 1. The molecule has 0 aliphatic heterocycles. The highest BCUT2D eigenvalue weighted by Gasteiger charge is 2.23. The number of furan rings is 1. The van der Waals surface area contributed by atoms with Gasteiger partial charge in [0.1, 0.15) is 16.4 Å². The van der Waals surface area contributed by atoms with Crippen LogP contribution in [0.3, 0.4) is 0 Å². The molecule has 0 aliphatic carbocycles. The molecular weight excluding hydrogens is 468 g/mol. The summed E-state index contributed by atoms with van der Waals surface area (Å²) in [6.07, 6.45) is 1.37. The Morgan fingerprint density at radius 2 is 1.97 bits per heavy atom. The zero-order valence-electron chi connectivity index (χ0n) is 18.5. The van der Waals surface area contributed by atoms with Gasteiger partial charge in [-0.15, -0.1) is 11.3 Å². The fraction of sp³-hybridized carbons (Fsp3) is 0.286. The van der Waals surface area contributed by atoms with Gasteiger partial charge in [0.2, 0.25) is 15.9 Å². The van der Waals surface area contributed by atoms with Gasteiger partial charge in [0.25, 0.3) is 5.91 Å². The number of hydrogen-bond donors (Lipinski definition) is 2. The fourth-order valence-electron chi connectivity index (χ4n) is 2.86. The third kappa shape index (κ3) is 5.78. The van der Waals surface area contributed by atoms with E-state index in [9.17, 15) is 18.0 Å². The standard InChI is InChI=1S/C21H24N4O6S2/c1-5-30-17-7-6-14(10-18(17)33(28,29)25(3)4)22-19(26)11-15-12-32-21(23-15)24-20(27)16-8-9-31-13(16)2/h6-10,12H,5,11H2,1-4H3,(H,22,26)(H,23,24,27). The first-order chi connectivity index (χ1) is 15.6. The third-order valence-corrected chi connectivity index (χ3v) is 7.15. The Morgan fingerprint density at radius 1 is 1.21 bits per heavy atom. The molecule has 2 N–H and O–H groups in total. The number of anilines is 2. The number of carbonyl (C=O) groups excluding carboxylic acids is 2. The molecule has 0 radical (unpaired) electrons. The maximum absolute atomic E-state index is 12.6. The Morgan fingerprint density at radius 3 is 2.61 bits per heavy atom. The van der Waals surface area contributed by atoms with Gasteiger partial charge in [0.15, 0.2) is 5.13 Å². The van der Waals surface area contributed by atoms with Crippen molar-refractivity contribution in [3.05, 3.63) is 52.9 Å². The minimum Gasteiger partial charge on any atom is -0.492 e. The van der Waals surface area contributed by atoms with Gasteiger partial charge in [0.05, 0.1) is 30.5 Å². The number of aryl methyl sites for hydroxylation is 1. The van der Waals surface area contributed by atoms with Gasteiger partial charge < -0.3 is 14.5 Å². The first-order valence-corrected chi connectivity index (χ1v) is 12.2. The molecular formula is C21H24N4O6S2. The maximum atomic E-state index is 12.6. The number of hydrogen-bond acceptors (Lipinski definition) is 8. The average Bonchev–Trinajstić information content (AvgIpc) is 3.37. The highest BCUT2D eigenvalue weighted by Crippen LogP contribution is 2.29. The summed E-state index contributed by atoms with van der Waals surface area (Å²) in [5, 5.41) is 7.37. The summed E-state index contributed by atoms with van der Waals surface area (Å²) < 4.78 is 36.9. The van der Waals surface area contributed by atoms with Crippen molar-refractivity contribution in [2.45, 2.75) is 25.2 Å². The molecule has 2 aromatic heterocycles. The van der Waals surface area contributed by atoms with E-state index in [1.54, 1.807) is 31.4 Å². The van der Waals surface area contributed by atoms with Crippen LogP contribution in [0.1, 0.15) is 28.7 Å². The molecule has 10 nitrogen and oxygen atoms in total. The number of ether oxygens (including phenoxy) is 1. The molecule has 2 amide bonds. The predicted molar refractivity (Wildman–Crippen MR) is 124 cm³/mol. The molecule has 3 aromatic rings. The van der Waals surface area contributed by atoms with Gasteiger partial charge in [-0.05, 0) is 38.1 Å². The summed E-state index contributed by atoms with van der Waals surface area (Å²) >= 11 is 1.19. The van der Waals surface area contributed by atoms with Gasteiger partial charge in [-0.3, -0.25) is 14.9 Å². The molecule has 176 valence electrons. The zero-order valence-corrected chi connectivity index (χ0v) is 20.2. The highest BCUT2D eigenvalue weighted by atomic mass is 32.2. The van der Waals surface area contributed by atoms with Crippen molar-refractivity contribution < 1.29 is 27.2 Å². The lowest BCUT2D eigenvalue weighted by atomic mass is 10.2. The SMILES string of the molecule is CCOc1ccc(NC(=O)Cc2csc(NC(=O)c3ccoc3C)n2)cc1S(=O)(=O)N(C)C. The molecule has 0 bridgehead atoms. The van der Waals surface area contributed by atoms with Crippen molar-refractivity contribution in [3.8, 4) is 5.75 Å². The zero-order chi connectivity index (χ0) is 24.2. The van der Waals surface area contributed by atoms with Crippen molar-refractivity contribution in [1.82, 2.24) is 9.29 Å². The van der Waals surface area contributed by atoms with Crippen LogP contribution in [0.4, 0.5) is 10.8 Å². The topological polar surface area (TPSA) is 131 Å². The van der Waals surface area contributed by atoms with E-state index in [0.29, 0.717) is 34.4 Å². The van der Waals surface area contributed by atoms with E-state index in [2.05, 4.69) is 15.6 Å². The molecule has 2 heterocycles. The van der Waals surface area contributed by atoms with Gasteiger partial charge in [-0.1, -0.05) is 0 Å². The summed E-state index contributed by atoms with van der Waals surface area (Å²) in [4.78, 5) is 29.0. The molecule has 0 atom stereocenters. The first-order valence-electron chi connectivity index (χ1n) is 9.91. The number of thiazole rings is 1. The van der Waals surface area contributed by atoms with Crippen molar-refractivity contribution in [3.63, 3.8) is 0 Å². The van der Waals surface area contributed by atoms with Gasteiger partial charge >= 0.3 is 0 Å². The number of nitrogens with zero attached hydrogens (tertiary/aromatic N) is 2. The van der Waals surface area contributed by atoms with Crippen LogP contribution in [0.25, 0.3) is 0 Å². The van der Waals surface area contributed by atoms with Crippen LogP contribution in [0.5, 0.6) is 5.75 Å². The van der Waals surface area contributed by atoms with E-state index < -0.39 is 10.0 Å². The highest BCUT2D eigenvalue weighted by molar-refractivity contribution is 7.89. The Balaban J connectivity index is 1.69. The lowest BCUT2D eigenvalue weighted by Gasteiger charge is -2.16. The van der Waals surface area contributed by atoms with Crippen molar-refractivity contribution >= 4 is 44.0 Å². The number of aromatic nitrogens is 1. The van der Waals surface area contributed by atoms with Gasteiger partial charge in [0, 0.05) is 25.2 Å². The summed E-state index contributed by atoms with van der Waals surface area (Å²) in [6.45, 7) is 3.73. The van der Waals surface area contributed by atoms with Crippen LogP contribution < -0.4 is 15.4 Å². The van der Waals surface area contributed by atoms with Crippen LogP contribution in [0.2, 0.25) is 0 Å². The molecule has 33 heavy (non-hydrogen) atoms. The molecule has 0 saturated heterocycles. The number of rotatable bonds is 9. The summed E-state index contributed by atoms with van der Waals surface area (Å²) in [5.41, 5.74) is 1.18. The second kappa shape index (κ2) is 10.1. The summed E-state index contributed by atoms with van der Waals surface area (Å²) in [7, 11) is -0.939. The van der Waals surface area contributed by atoms with E-state index in [-0.39, 0.29) is 28.9 Å². The Hall–Kier alpha value is -3.22. The van der Waals surface area contributed by atoms with E-state index in [4.69, 9.17) is 9.15 Å². The van der Waals surface area contributed by atoms with Crippen LogP contribution in [-0.2, 0) is 21.2 Å². The largest absolute Gasteiger partial charge is 0.492 e. The first kappa shape index (κ1) is 24.4. The number of sulfonamides is 1. The average molecular weight is 493 g/mol. The van der Waals surface area contributed by atoms with E-state index in [0.717, 1.165) is 4.31 Å². The Labute approximate surface area is 195 Å². The molecule has 3 rings (SSSR count). The second-order valence-electron chi connectivity index (χ2n) is 7.10. The Bertz CT molecular complexity index is 1260.